The van der Waals surface area contributed by atoms with Crippen LogP contribution in [0.25, 0.3) is 0 Å². The Morgan fingerprint density at radius 3 is 2.47 bits per heavy atom. The number of aryl methyl sites for hydroxylation is 1. The summed E-state index contributed by atoms with van der Waals surface area (Å²) in [6.45, 7) is 2.09. The van der Waals surface area contributed by atoms with Crippen molar-refractivity contribution in [1.29, 1.82) is 0 Å². The maximum absolute atomic E-state index is 12.3. The fourth-order valence-corrected chi connectivity index (χ4v) is 3.90. The van der Waals surface area contributed by atoms with Crippen LogP contribution >= 0.6 is 0 Å². The number of nitrogens with one attached hydrogen (secondary N) is 2. The van der Waals surface area contributed by atoms with E-state index >= 15 is 0 Å². The summed E-state index contributed by atoms with van der Waals surface area (Å²) in [7, 11) is 0. The summed E-state index contributed by atoms with van der Waals surface area (Å²) in [4.78, 5) is 49.9. The normalized spacial score (nSPS) is 20.6. The first-order chi connectivity index (χ1) is 14.4. The van der Waals surface area contributed by atoms with Gasteiger partial charge in [0, 0.05) is 30.8 Å². The predicted octanol–water partition coefficient (Wildman–Crippen LogP) is 3.20. The topological polar surface area (TPSA) is 110 Å². The Kier molecular flexibility index (Phi) is 4.99. The summed E-state index contributed by atoms with van der Waals surface area (Å²) in [6.07, 6.45) is 0.627. The number of hydrogen-bond acceptors (Lipinski definition) is 4. The van der Waals surface area contributed by atoms with Crippen LogP contribution in [0.5, 0.6) is 0 Å². The zero-order chi connectivity index (χ0) is 21.3. The highest BCUT2D eigenvalue weighted by molar-refractivity contribution is 6.10. The van der Waals surface area contributed by atoms with Gasteiger partial charge in [0.25, 0.3) is 5.91 Å². The first-order valence-electron chi connectivity index (χ1n) is 9.69. The third-order valence-electron chi connectivity index (χ3n) is 5.60. The smallest absolute Gasteiger partial charge is 0.308 e. The molecule has 1 saturated heterocycles. The van der Waals surface area contributed by atoms with Gasteiger partial charge >= 0.3 is 12.1 Å². The number of hydrogen-bond donors (Lipinski definition) is 2. The van der Waals surface area contributed by atoms with Gasteiger partial charge in [0.2, 0.25) is 0 Å². The van der Waals surface area contributed by atoms with Crippen molar-refractivity contribution in [1.82, 2.24) is 10.2 Å². The molecule has 1 radical (unpaired) electrons. The molecule has 30 heavy (non-hydrogen) atoms. The number of rotatable bonds is 4. The molecule has 2 fully saturated rings. The number of Topliss-reactive ketones (excluding diaryl/α,β-unsaturated/α-hetero) is 1. The van der Waals surface area contributed by atoms with E-state index in [1.165, 1.54) is 4.90 Å². The van der Waals surface area contributed by atoms with Crippen LogP contribution in [-0.4, -0.2) is 34.2 Å². The summed E-state index contributed by atoms with van der Waals surface area (Å²) in [6, 6.07) is 13.5. The van der Waals surface area contributed by atoms with E-state index in [4.69, 9.17) is 0 Å². The van der Waals surface area contributed by atoms with E-state index in [1.807, 2.05) is 31.2 Å². The molecule has 153 valence electrons. The Bertz CT molecular complexity index is 1030. The van der Waals surface area contributed by atoms with Crippen LogP contribution in [0.15, 0.2) is 48.5 Å². The highest BCUT2D eigenvalue weighted by Gasteiger charge is 2.57. The third kappa shape index (κ3) is 3.63. The Morgan fingerprint density at radius 2 is 1.80 bits per heavy atom. The van der Waals surface area contributed by atoms with Gasteiger partial charge in [-0.25, -0.2) is 9.59 Å². The van der Waals surface area contributed by atoms with Gasteiger partial charge in [-0.3, -0.25) is 9.59 Å². The lowest BCUT2D eigenvalue weighted by molar-refractivity contribution is -0.128. The second-order valence-corrected chi connectivity index (χ2v) is 7.62. The first-order valence-corrected chi connectivity index (χ1v) is 9.69. The first kappa shape index (κ1) is 19.6. The van der Waals surface area contributed by atoms with Crippen molar-refractivity contribution < 1.29 is 19.2 Å². The number of anilines is 2. The van der Waals surface area contributed by atoms with E-state index in [0.29, 0.717) is 12.1 Å². The second-order valence-electron chi connectivity index (χ2n) is 7.62. The van der Waals surface area contributed by atoms with Crippen molar-refractivity contribution in [3.63, 3.8) is 0 Å². The number of benzene rings is 2. The van der Waals surface area contributed by atoms with Gasteiger partial charge in [0.05, 0.1) is 0 Å². The van der Waals surface area contributed by atoms with Crippen LogP contribution in [0.2, 0.25) is 0 Å². The standard InChI is InChI=1S/C22H21N4O4/c1-14-4-2-3-5-18(14)24-20(29)23-16-8-6-15(7-9-16)13-26-21(30)25-19(28)22(26)11-10-17(27)12-22/h2-9H,10-13H2,1H3,(H2,23,24,29). The van der Waals surface area contributed by atoms with E-state index in [2.05, 4.69) is 16.0 Å². The molecule has 1 spiro atoms. The molecule has 4 rings (SSSR count). The largest absolute Gasteiger partial charge is 0.347 e. The van der Waals surface area contributed by atoms with Gasteiger partial charge in [0.1, 0.15) is 11.3 Å². The Labute approximate surface area is 173 Å². The minimum Gasteiger partial charge on any atom is -0.308 e. The van der Waals surface area contributed by atoms with Crippen molar-refractivity contribution in [2.24, 2.45) is 0 Å². The molecule has 1 aliphatic carbocycles. The number of para-hydroxylation sites is 1. The molecule has 1 heterocycles. The lowest BCUT2D eigenvalue weighted by Gasteiger charge is -2.30. The fourth-order valence-electron chi connectivity index (χ4n) is 3.90. The van der Waals surface area contributed by atoms with E-state index in [-0.39, 0.29) is 31.2 Å². The van der Waals surface area contributed by atoms with Crippen molar-refractivity contribution in [2.75, 3.05) is 10.6 Å². The molecule has 8 heteroatoms. The summed E-state index contributed by atoms with van der Waals surface area (Å²) in [5.41, 5.74) is 1.92. The number of ketones is 1. The lowest BCUT2D eigenvalue weighted by atomic mass is 9.95. The number of carbonyl (C=O) groups is 4. The van der Waals surface area contributed by atoms with Gasteiger partial charge in [0.15, 0.2) is 0 Å². The maximum atomic E-state index is 12.3. The molecule has 1 aliphatic heterocycles. The van der Waals surface area contributed by atoms with E-state index in [1.54, 1.807) is 24.3 Å². The molecule has 2 aromatic carbocycles. The molecule has 2 N–H and O–H groups in total. The molecule has 2 aromatic rings. The quantitative estimate of drug-likeness (QED) is 0.761. The van der Waals surface area contributed by atoms with Crippen molar-refractivity contribution in [2.45, 2.75) is 38.3 Å². The average Bonchev–Trinajstić information content (AvgIpc) is 3.20. The second kappa shape index (κ2) is 7.62. The molecule has 0 bridgehead atoms. The van der Waals surface area contributed by atoms with Crippen LogP contribution in [0.3, 0.4) is 0 Å². The zero-order valence-corrected chi connectivity index (χ0v) is 16.5. The lowest BCUT2D eigenvalue weighted by Crippen LogP contribution is -2.47. The number of carbonyl (C=O) groups excluding carboxylic acids is 4. The van der Waals surface area contributed by atoms with Crippen LogP contribution in [0.4, 0.5) is 21.0 Å². The molecule has 0 aromatic heterocycles. The molecule has 1 unspecified atom stereocenters. The average molecular weight is 405 g/mol. The third-order valence-corrected chi connectivity index (χ3v) is 5.60. The van der Waals surface area contributed by atoms with E-state index < -0.39 is 17.5 Å². The van der Waals surface area contributed by atoms with Gasteiger partial charge in [-0.1, -0.05) is 30.3 Å². The number of urea groups is 2. The van der Waals surface area contributed by atoms with Crippen LogP contribution < -0.4 is 16.0 Å². The van der Waals surface area contributed by atoms with Gasteiger partial charge in [-0.05, 0) is 42.7 Å². The Morgan fingerprint density at radius 1 is 1.07 bits per heavy atom. The Balaban J connectivity index is 1.42. The van der Waals surface area contributed by atoms with E-state index in [9.17, 15) is 19.2 Å². The molecular weight excluding hydrogens is 384 g/mol. The zero-order valence-electron chi connectivity index (χ0n) is 16.5. The highest BCUT2D eigenvalue weighted by Crippen LogP contribution is 2.38. The highest BCUT2D eigenvalue weighted by atomic mass is 16.2. The van der Waals surface area contributed by atoms with Crippen molar-refractivity contribution >= 4 is 35.1 Å². The van der Waals surface area contributed by atoms with Gasteiger partial charge in [-0.15, -0.1) is 0 Å². The molecule has 2 aliphatic rings. The molecule has 8 nitrogen and oxygen atoms in total. The Hall–Kier alpha value is -3.68. The summed E-state index contributed by atoms with van der Waals surface area (Å²) < 4.78 is 0. The molecule has 1 saturated carbocycles. The molecular formula is C22H21N4O4. The fraction of sp³-hybridized carbons (Fsp3) is 0.273. The van der Waals surface area contributed by atoms with Crippen molar-refractivity contribution in [3.05, 3.63) is 59.7 Å². The van der Waals surface area contributed by atoms with Crippen LogP contribution in [0, 0.1) is 6.92 Å². The monoisotopic (exact) mass is 405 g/mol. The van der Waals surface area contributed by atoms with Gasteiger partial charge < -0.3 is 15.5 Å². The minimum absolute atomic E-state index is 0.0276. The SMILES string of the molecule is Cc1ccccc1NC(=O)Nc1ccc(CN2C(=O)[N]C(=O)C23CCC(=O)C3)cc1. The minimum atomic E-state index is -1.13. The number of imide groups is 1. The van der Waals surface area contributed by atoms with Crippen molar-refractivity contribution in [3.8, 4) is 0 Å². The van der Waals surface area contributed by atoms with Crippen LogP contribution in [-0.2, 0) is 16.1 Å². The maximum Gasteiger partial charge on any atom is 0.347 e. The molecule has 1 atom stereocenters. The summed E-state index contributed by atoms with van der Waals surface area (Å²) in [5, 5.41) is 9.13. The summed E-state index contributed by atoms with van der Waals surface area (Å²) >= 11 is 0. The summed E-state index contributed by atoms with van der Waals surface area (Å²) in [5.74, 6) is -0.554. The van der Waals surface area contributed by atoms with E-state index in [0.717, 1.165) is 16.8 Å². The number of nitrogens with zero attached hydrogens (tertiary/aromatic N) is 2. The van der Waals surface area contributed by atoms with Gasteiger partial charge in [-0.2, -0.15) is 5.32 Å². The predicted molar refractivity (Wildman–Crippen MR) is 110 cm³/mol. The molecule has 5 amide bonds. The number of amides is 5. The van der Waals surface area contributed by atoms with Crippen LogP contribution in [0.1, 0.15) is 30.4 Å².